The van der Waals surface area contributed by atoms with Crippen molar-refractivity contribution in [3.05, 3.63) is 42.0 Å². The van der Waals surface area contributed by atoms with E-state index < -0.39 is 5.60 Å². The van der Waals surface area contributed by atoms with E-state index in [-0.39, 0.29) is 11.9 Å². The van der Waals surface area contributed by atoms with Crippen molar-refractivity contribution in [3.63, 3.8) is 0 Å². The standard InChI is InChI=1S/C21H25NO4/c1-14(23)25-19-7-6-15-12-17(5-4-16(15)13-19)20(24)26-21(2,3)18-8-10-22-11-9-18/h4-7,12-13,18,22H,8-11H2,1-3H3. The SMILES string of the molecule is CC(=O)Oc1ccc2cc(C(=O)OC(C)(C)C3CCNCC3)ccc2c1. The molecule has 2 aromatic carbocycles. The first kappa shape index (κ1) is 18.4. The topological polar surface area (TPSA) is 64.6 Å². The lowest BCUT2D eigenvalue weighted by Gasteiger charge is -2.36. The molecule has 0 aromatic heterocycles. The van der Waals surface area contributed by atoms with Crippen molar-refractivity contribution in [1.29, 1.82) is 0 Å². The van der Waals surface area contributed by atoms with Gasteiger partial charge in [0.15, 0.2) is 0 Å². The van der Waals surface area contributed by atoms with Crippen molar-refractivity contribution >= 4 is 22.7 Å². The van der Waals surface area contributed by atoms with E-state index in [0.717, 1.165) is 36.7 Å². The maximum absolute atomic E-state index is 12.7. The molecular formula is C21H25NO4. The summed E-state index contributed by atoms with van der Waals surface area (Å²) in [4.78, 5) is 23.7. The summed E-state index contributed by atoms with van der Waals surface area (Å²) in [6, 6.07) is 10.7. The maximum Gasteiger partial charge on any atom is 0.338 e. The summed E-state index contributed by atoms with van der Waals surface area (Å²) in [6.07, 6.45) is 2.02. The lowest BCUT2D eigenvalue weighted by atomic mass is 9.83. The summed E-state index contributed by atoms with van der Waals surface area (Å²) in [6.45, 7) is 7.28. The second-order valence-electron chi connectivity index (χ2n) is 7.33. The molecule has 2 aromatic rings. The zero-order chi connectivity index (χ0) is 18.7. The largest absolute Gasteiger partial charge is 0.456 e. The lowest BCUT2D eigenvalue weighted by Crippen LogP contribution is -2.42. The van der Waals surface area contributed by atoms with Crippen LogP contribution in [0.3, 0.4) is 0 Å². The summed E-state index contributed by atoms with van der Waals surface area (Å²) in [5.74, 6) is 0.191. The van der Waals surface area contributed by atoms with Gasteiger partial charge in [0.25, 0.3) is 0 Å². The molecule has 0 saturated carbocycles. The van der Waals surface area contributed by atoms with Gasteiger partial charge in [0, 0.05) is 12.8 Å². The van der Waals surface area contributed by atoms with Gasteiger partial charge in [-0.25, -0.2) is 4.79 Å². The third-order valence-electron chi connectivity index (χ3n) is 4.99. The quantitative estimate of drug-likeness (QED) is 0.669. The van der Waals surface area contributed by atoms with Gasteiger partial charge in [0.2, 0.25) is 0 Å². The number of carbonyl (C=O) groups excluding carboxylic acids is 2. The summed E-state index contributed by atoms with van der Waals surface area (Å²) in [5.41, 5.74) is 0.0348. The molecule has 1 aliphatic rings. The molecule has 1 aliphatic heterocycles. The molecule has 0 amide bonds. The minimum Gasteiger partial charge on any atom is -0.456 e. The number of piperidine rings is 1. The van der Waals surface area contributed by atoms with E-state index in [1.54, 1.807) is 18.2 Å². The number of esters is 2. The molecular weight excluding hydrogens is 330 g/mol. The van der Waals surface area contributed by atoms with Crippen LogP contribution in [0.4, 0.5) is 0 Å². The Hall–Kier alpha value is -2.40. The van der Waals surface area contributed by atoms with E-state index >= 15 is 0 Å². The Morgan fingerprint density at radius 2 is 1.69 bits per heavy atom. The van der Waals surface area contributed by atoms with Crippen molar-refractivity contribution in [2.24, 2.45) is 5.92 Å². The molecule has 0 spiro atoms. The monoisotopic (exact) mass is 355 g/mol. The van der Waals surface area contributed by atoms with Crippen LogP contribution >= 0.6 is 0 Å². The van der Waals surface area contributed by atoms with Gasteiger partial charge in [-0.3, -0.25) is 4.79 Å². The summed E-state index contributed by atoms with van der Waals surface area (Å²) in [7, 11) is 0. The summed E-state index contributed by atoms with van der Waals surface area (Å²) < 4.78 is 10.9. The van der Waals surface area contributed by atoms with E-state index in [2.05, 4.69) is 5.32 Å². The third-order valence-corrected chi connectivity index (χ3v) is 4.99. The Balaban J connectivity index is 1.76. The van der Waals surface area contributed by atoms with Crippen LogP contribution in [0.5, 0.6) is 5.75 Å². The number of ether oxygens (including phenoxy) is 2. The van der Waals surface area contributed by atoms with E-state index in [1.807, 2.05) is 32.0 Å². The highest BCUT2D eigenvalue weighted by Gasteiger charge is 2.34. The molecule has 0 aliphatic carbocycles. The highest BCUT2D eigenvalue weighted by Crippen LogP contribution is 2.30. The van der Waals surface area contributed by atoms with Gasteiger partial charge in [-0.15, -0.1) is 0 Å². The zero-order valence-electron chi connectivity index (χ0n) is 15.5. The van der Waals surface area contributed by atoms with Gasteiger partial charge in [-0.1, -0.05) is 12.1 Å². The van der Waals surface area contributed by atoms with Gasteiger partial charge in [0.1, 0.15) is 11.4 Å². The molecule has 5 heteroatoms. The van der Waals surface area contributed by atoms with Gasteiger partial charge in [-0.2, -0.15) is 0 Å². The number of hydrogen-bond acceptors (Lipinski definition) is 5. The van der Waals surface area contributed by atoms with Gasteiger partial charge in [-0.05, 0) is 74.8 Å². The fraction of sp³-hybridized carbons (Fsp3) is 0.429. The van der Waals surface area contributed by atoms with Crippen LogP contribution in [0.1, 0.15) is 44.0 Å². The highest BCUT2D eigenvalue weighted by atomic mass is 16.6. The van der Waals surface area contributed by atoms with Crippen molar-refractivity contribution < 1.29 is 19.1 Å². The highest BCUT2D eigenvalue weighted by molar-refractivity contribution is 5.96. The van der Waals surface area contributed by atoms with Crippen LogP contribution in [-0.4, -0.2) is 30.6 Å². The normalized spacial score (nSPS) is 15.7. The predicted octanol–water partition coefficient (Wildman–Crippen LogP) is 3.70. The molecule has 0 unspecified atom stereocenters. The van der Waals surface area contributed by atoms with E-state index in [1.165, 1.54) is 6.92 Å². The number of benzene rings is 2. The molecule has 138 valence electrons. The van der Waals surface area contributed by atoms with Crippen LogP contribution in [0.2, 0.25) is 0 Å². The van der Waals surface area contributed by atoms with Gasteiger partial charge in [0.05, 0.1) is 5.56 Å². The van der Waals surface area contributed by atoms with E-state index in [4.69, 9.17) is 9.47 Å². The third kappa shape index (κ3) is 4.22. The number of rotatable bonds is 4. The second-order valence-corrected chi connectivity index (χ2v) is 7.33. The lowest BCUT2D eigenvalue weighted by molar-refractivity contribution is -0.131. The minimum absolute atomic E-state index is 0.306. The average Bonchev–Trinajstić information content (AvgIpc) is 2.61. The van der Waals surface area contributed by atoms with Crippen molar-refractivity contribution in [1.82, 2.24) is 5.32 Å². The van der Waals surface area contributed by atoms with Crippen molar-refractivity contribution in [3.8, 4) is 5.75 Å². The Bertz CT molecular complexity index is 822. The maximum atomic E-state index is 12.7. The van der Waals surface area contributed by atoms with Crippen LogP contribution in [-0.2, 0) is 9.53 Å². The Labute approximate surface area is 153 Å². The molecule has 5 nitrogen and oxygen atoms in total. The number of fused-ring (bicyclic) bond motifs is 1. The van der Waals surface area contributed by atoms with Crippen LogP contribution in [0, 0.1) is 5.92 Å². The predicted molar refractivity (Wildman–Crippen MR) is 100 cm³/mol. The molecule has 26 heavy (non-hydrogen) atoms. The summed E-state index contributed by atoms with van der Waals surface area (Å²) in [5, 5.41) is 5.14. The molecule has 1 N–H and O–H groups in total. The molecule has 1 saturated heterocycles. The van der Waals surface area contributed by atoms with Crippen LogP contribution in [0.25, 0.3) is 10.8 Å². The molecule has 1 fully saturated rings. The molecule has 0 atom stereocenters. The fourth-order valence-corrected chi connectivity index (χ4v) is 3.48. The van der Waals surface area contributed by atoms with Crippen molar-refractivity contribution in [2.45, 2.75) is 39.2 Å². The average molecular weight is 355 g/mol. The first-order valence-corrected chi connectivity index (χ1v) is 9.01. The van der Waals surface area contributed by atoms with Crippen LogP contribution < -0.4 is 10.1 Å². The van der Waals surface area contributed by atoms with E-state index in [0.29, 0.717) is 17.2 Å². The molecule has 1 heterocycles. The number of nitrogens with one attached hydrogen (secondary N) is 1. The van der Waals surface area contributed by atoms with Crippen molar-refractivity contribution in [2.75, 3.05) is 13.1 Å². The van der Waals surface area contributed by atoms with Gasteiger partial charge >= 0.3 is 11.9 Å². The van der Waals surface area contributed by atoms with Gasteiger partial charge < -0.3 is 14.8 Å². The first-order valence-electron chi connectivity index (χ1n) is 9.01. The number of hydrogen-bond donors (Lipinski definition) is 1. The van der Waals surface area contributed by atoms with Crippen LogP contribution in [0.15, 0.2) is 36.4 Å². The summed E-state index contributed by atoms with van der Waals surface area (Å²) >= 11 is 0. The zero-order valence-corrected chi connectivity index (χ0v) is 15.5. The minimum atomic E-state index is -0.493. The number of carbonyl (C=O) groups is 2. The second kappa shape index (κ2) is 7.46. The molecule has 3 rings (SSSR count). The Morgan fingerprint density at radius 3 is 2.38 bits per heavy atom. The smallest absolute Gasteiger partial charge is 0.338 e. The fourth-order valence-electron chi connectivity index (χ4n) is 3.48. The Morgan fingerprint density at radius 1 is 1.04 bits per heavy atom. The first-order chi connectivity index (χ1) is 12.3. The molecule has 0 radical (unpaired) electrons. The van der Waals surface area contributed by atoms with E-state index in [9.17, 15) is 9.59 Å². The Kier molecular flexibility index (Phi) is 5.28. The molecule has 0 bridgehead atoms.